The Kier molecular flexibility index (Phi) is 4.15. The number of para-hydroxylation sites is 1. The minimum atomic E-state index is -0.278. The maximum absolute atomic E-state index is 13.4. The Hall–Kier alpha value is -2.82. The van der Waals surface area contributed by atoms with Gasteiger partial charge in [0.25, 0.3) is 0 Å². The molecule has 3 aromatic rings. The van der Waals surface area contributed by atoms with Gasteiger partial charge in [-0.3, -0.25) is 0 Å². The van der Waals surface area contributed by atoms with Gasteiger partial charge in [-0.05, 0) is 49.6 Å². The third kappa shape index (κ3) is 2.83. The predicted octanol–water partition coefficient (Wildman–Crippen LogP) is 4.37. The summed E-state index contributed by atoms with van der Waals surface area (Å²) in [7, 11) is 0. The molecule has 0 radical (unpaired) electrons. The molecule has 4 rings (SSSR count). The van der Waals surface area contributed by atoms with E-state index >= 15 is 0 Å². The largest absolute Gasteiger partial charge is 0.356 e. The molecule has 1 aliphatic rings. The molecule has 1 aliphatic heterocycles. The van der Waals surface area contributed by atoms with Crippen LogP contribution < -0.4 is 5.32 Å². The molecule has 1 atom stereocenters. The highest BCUT2D eigenvalue weighted by Gasteiger charge is 2.34. The van der Waals surface area contributed by atoms with Crippen LogP contribution in [0.4, 0.5) is 9.18 Å². The van der Waals surface area contributed by atoms with Gasteiger partial charge in [-0.15, -0.1) is 0 Å². The average Bonchev–Trinajstić information content (AvgIpc) is 3.00. The number of amides is 2. The van der Waals surface area contributed by atoms with Crippen LogP contribution >= 0.6 is 0 Å². The Balaban J connectivity index is 1.84. The molecule has 0 aliphatic carbocycles. The zero-order valence-corrected chi connectivity index (χ0v) is 14.9. The highest BCUT2D eigenvalue weighted by atomic mass is 19.1. The van der Waals surface area contributed by atoms with Gasteiger partial charge in [0, 0.05) is 29.2 Å². The van der Waals surface area contributed by atoms with E-state index in [4.69, 9.17) is 0 Å². The zero-order chi connectivity index (χ0) is 18.3. The molecule has 2 amide bonds. The van der Waals surface area contributed by atoms with Crippen LogP contribution in [0.3, 0.4) is 0 Å². The molecule has 2 N–H and O–H groups in total. The summed E-state index contributed by atoms with van der Waals surface area (Å²) >= 11 is 0. The number of carbonyl (C=O) groups excluding carboxylic acids is 1. The van der Waals surface area contributed by atoms with Crippen LogP contribution in [0, 0.1) is 5.82 Å². The number of fused-ring (bicyclic) bond motifs is 3. The second-order valence-electron chi connectivity index (χ2n) is 7.06. The molecule has 0 unspecified atom stereocenters. The van der Waals surface area contributed by atoms with Crippen LogP contribution in [-0.2, 0) is 6.42 Å². The average molecular weight is 351 g/mol. The van der Waals surface area contributed by atoms with Crippen molar-refractivity contribution in [1.29, 1.82) is 0 Å². The lowest BCUT2D eigenvalue weighted by molar-refractivity contribution is 0.177. The minimum absolute atomic E-state index is 0.0560. The first-order valence-corrected chi connectivity index (χ1v) is 8.96. The standard InChI is InChI=1S/C21H22FN3O/c1-13(2)23-21(26)25-12-11-17-16-5-3-4-6-18(16)24-19(17)20(25)14-7-9-15(22)10-8-14/h3-10,13,20,24H,11-12H2,1-2H3,(H,23,26)/t20-/m0/s1. The van der Waals surface area contributed by atoms with E-state index in [0.29, 0.717) is 6.54 Å². The molecule has 4 nitrogen and oxygen atoms in total. The normalized spacial score (nSPS) is 16.8. The second kappa shape index (κ2) is 6.48. The number of aromatic amines is 1. The molecule has 26 heavy (non-hydrogen) atoms. The summed E-state index contributed by atoms with van der Waals surface area (Å²) in [6.45, 7) is 4.52. The Morgan fingerprint density at radius 2 is 1.92 bits per heavy atom. The topological polar surface area (TPSA) is 48.1 Å². The van der Waals surface area contributed by atoms with Crippen LogP contribution in [0.25, 0.3) is 10.9 Å². The molecule has 134 valence electrons. The van der Waals surface area contributed by atoms with Crippen molar-refractivity contribution in [3.05, 3.63) is 71.2 Å². The van der Waals surface area contributed by atoms with E-state index in [0.717, 1.165) is 23.2 Å². The summed E-state index contributed by atoms with van der Waals surface area (Å²) in [5, 5.41) is 4.18. The van der Waals surface area contributed by atoms with Gasteiger partial charge in [0.15, 0.2) is 0 Å². The summed E-state index contributed by atoms with van der Waals surface area (Å²) in [5.41, 5.74) is 4.22. The fourth-order valence-electron chi connectivity index (χ4n) is 3.78. The monoisotopic (exact) mass is 351 g/mol. The van der Waals surface area contributed by atoms with Gasteiger partial charge in [-0.25, -0.2) is 9.18 Å². The molecule has 0 saturated heterocycles. The van der Waals surface area contributed by atoms with Crippen molar-refractivity contribution < 1.29 is 9.18 Å². The first kappa shape index (κ1) is 16.6. The zero-order valence-electron chi connectivity index (χ0n) is 14.9. The number of carbonyl (C=O) groups is 1. The highest BCUT2D eigenvalue weighted by Crippen LogP contribution is 2.38. The molecular formula is C21H22FN3O. The Morgan fingerprint density at radius 3 is 2.65 bits per heavy atom. The van der Waals surface area contributed by atoms with Gasteiger partial charge in [-0.2, -0.15) is 0 Å². The maximum atomic E-state index is 13.4. The van der Waals surface area contributed by atoms with Crippen molar-refractivity contribution >= 4 is 16.9 Å². The predicted molar refractivity (Wildman–Crippen MR) is 101 cm³/mol. The second-order valence-corrected chi connectivity index (χ2v) is 7.06. The van der Waals surface area contributed by atoms with Crippen LogP contribution in [0.5, 0.6) is 0 Å². The molecule has 0 saturated carbocycles. The number of hydrogen-bond acceptors (Lipinski definition) is 1. The van der Waals surface area contributed by atoms with Crippen molar-refractivity contribution in [3.63, 3.8) is 0 Å². The van der Waals surface area contributed by atoms with E-state index in [9.17, 15) is 9.18 Å². The summed E-state index contributed by atoms with van der Waals surface area (Å²) < 4.78 is 13.4. The van der Waals surface area contributed by atoms with E-state index in [2.05, 4.69) is 16.4 Å². The molecule has 5 heteroatoms. The Bertz CT molecular complexity index is 946. The van der Waals surface area contributed by atoms with Crippen LogP contribution in [0.1, 0.15) is 36.7 Å². The number of benzene rings is 2. The number of hydrogen-bond donors (Lipinski definition) is 2. The fraction of sp³-hybridized carbons (Fsp3) is 0.286. The van der Waals surface area contributed by atoms with Gasteiger partial charge < -0.3 is 15.2 Å². The van der Waals surface area contributed by atoms with Crippen molar-refractivity contribution in [3.8, 4) is 0 Å². The molecule has 2 aromatic carbocycles. The van der Waals surface area contributed by atoms with Crippen molar-refractivity contribution in [1.82, 2.24) is 15.2 Å². The van der Waals surface area contributed by atoms with Gasteiger partial charge in [0.2, 0.25) is 0 Å². The Morgan fingerprint density at radius 1 is 1.19 bits per heavy atom. The van der Waals surface area contributed by atoms with Crippen LogP contribution in [-0.4, -0.2) is 28.5 Å². The number of aromatic nitrogens is 1. The van der Waals surface area contributed by atoms with Crippen molar-refractivity contribution in [2.24, 2.45) is 0 Å². The number of nitrogens with zero attached hydrogens (tertiary/aromatic N) is 1. The van der Waals surface area contributed by atoms with E-state index < -0.39 is 0 Å². The lowest BCUT2D eigenvalue weighted by atomic mass is 9.92. The first-order chi connectivity index (χ1) is 12.5. The summed E-state index contributed by atoms with van der Waals surface area (Å²) in [6.07, 6.45) is 0.794. The SMILES string of the molecule is CC(C)NC(=O)N1CCc2c([nH]c3ccccc23)[C@@H]1c1ccc(F)cc1. The third-order valence-corrected chi connectivity index (χ3v) is 4.89. The van der Waals surface area contributed by atoms with Crippen molar-refractivity contribution in [2.75, 3.05) is 6.54 Å². The van der Waals surface area contributed by atoms with E-state index in [-0.39, 0.29) is 23.9 Å². The molecule has 1 aromatic heterocycles. The lowest BCUT2D eigenvalue weighted by Crippen LogP contribution is -2.47. The van der Waals surface area contributed by atoms with E-state index in [1.807, 2.05) is 36.9 Å². The summed E-state index contributed by atoms with van der Waals surface area (Å²) in [5.74, 6) is -0.278. The van der Waals surface area contributed by atoms with Gasteiger partial charge in [-0.1, -0.05) is 30.3 Å². The van der Waals surface area contributed by atoms with Crippen LogP contribution in [0.15, 0.2) is 48.5 Å². The highest BCUT2D eigenvalue weighted by molar-refractivity contribution is 5.86. The molecule has 2 heterocycles. The smallest absolute Gasteiger partial charge is 0.318 e. The minimum Gasteiger partial charge on any atom is -0.356 e. The van der Waals surface area contributed by atoms with Gasteiger partial charge in [0.1, 0.15) is 5.82 Å². The first-order valence-electron chi connectivity index (χ1n) is 8.96. The molecular weight excluding hydrogens is 329 g/mol. The number of urea groups is 1. The number of nitrogens with one attached hydrogen (secondary N) is 2. The van der Waals surface area contributed by atoms with Gasteiger partial charge >= 0.3 is 6.03 Å². The van der Waals surface area contributed by atoms with Crippen LogP contribution in [0.2, 0.25) is 0 Å². The maximum Gasteiger partial charge on any atom is 0.318 e. The quantitative estimate of drug-likeness (QED) is 0.707. The molecule has 0 fully saturated rings. The molecule has 0 bridgehead atoms. The van der Waals surface area contributed by atoms with E-state index in [1.54, 1.807) is 12.1 Å². The van der Waals surface area contributed by atoms with Gasteiger partial charge in [0.05, 0.1) is 6.04 Å². The number of H-pyrrole nitrogens is 1. The summed E-state index contributed by atoms with van der Waals surface area (Å²) in [6, 6.07) is 14.3. The summed E-state index contributed by atoms with van der Waals surface area (Å²) in [4.78, 5) is 18.2. The number of rotatable bonds is 2. The third-order valence-electron chi connectivity index (χ3n) is 4.89. The number of halogens is 1. The Labute approximate surface area is 152 Å². The lowest BCUT2D eigenvalue weighted by Gasteiger charge is -2.36. The van der Waals surface area contributed by atoms with Crippen molar-refractivity contribution in [2.45, 2.75) is 32.4 Å². The molecule has 0 spiro atoms. The van der Waals surface area contributed by atoms with E-state index in [1.165, 1.54) is 23.1 Å². The fourth-order valence-corrected chi connectivity index (χ4v) is 3.78.